The van der Waals surface area contributed by atoms with Crippen LogP contribution in [0.1, 0.15) is 23.2 Å². The van der Waals surface area contributed by atoms with Gasteiger partial charge in [-0.1, -0.05) is 0 Å². The Bertz CT molecular complexity index is 779. The zero-order chi connectivity index (χ0) is 19.3. The predicted octanol–water partition coefficient (Wildman–Crippen LogP) is 1.81. The third kappa shape index (κ3) is 4.11. The summed E-state index contributed by atoms with van der Waals surface area (Å²) in [7, 11) is 0. The number of nitrogens with zero attached hydrogens (tertiary/aromatic N) is 4. The molecule has 2 aliphatic rings. The first-order valence-electron chi connectivity index (χ1n) is 9.72. The predicted molar refractivity (Wildman–Crippen MR) is 104 cm³/mol. The molecule has 8 heteroatoms. The van der Waals surface area contributed by atoms with E-state index in [0.717, 1.165) is 31.6 Å². The molecule has 1 N–H and O–H groups in total. The summed E-state index contributed by atoms with van der Waals surface area (Å²) in [6.45, 7) is 4.32. The number of hydrogen-bond acceptors (Lipinski definition) is 5. The summed E-state index contributed by atoms with van der Waals surface area (Å²) < 4.78 is 4.99. The molecule has 3 amide bonds. The number of furan rings is 1. The van der Waals surface area contributed by atoms with E-state index >= 15 is 0 Å². The Kier molecular flexibility index (Phi) is 5.45. The number of carbonyl (C=O) groups excluding carboxylic acids is 2. The van der Waals surface area contributed by atoms with Crippen LogP contribution in [0.5, 0.6) is 0 Å². The standard InChI is InChI=1S/C20H25N5O3/c26-19(16-5-14-28-15-16)24-8-3-17(4-9-24)22-20(27)25-12-10-23(11-13-25)18-1-6-21-7-2-18/h1-2,5-7,14-15,17H,3-4,8-13H2,(H,22,27). The fraction of sp³-hybridized carbons (Fsp3) is 0.450. The highest BCUT2D eigenvalue weighted by Gasteiger charge is 2.27. The lowest BCUT2D eigenvalue weighted by atomic mass is 10.0. The van der Waals surface area contributed by atoms with E-state index in [9.17, 15) is 9.59 Å². The highest BCUT2D eigenvalue weighted by molar-refractivity contribution is 5.93. The van der Waals surface area contributed by atoms with Crippen molar-refractivity contribution in [2.75, 3.05) is 44.2 Å². The van der Waals surface area contributed by atoms with E-state index in [-0.39, 0.29) is 18.0 Å². The van der Waals surface area contributed by atoms with Crippen LogP contribution in [0, 0.1) is 0 Å². The molecule has 0 unspecified atom stereocenters. The first kappa shape index (κ1) is 18.3. The van der Waals surface area contributed by atoms with Crippen LogP contribution in [-0.2, 0) is 0 Å². The third-order valence-electron chi connectivity index (χ3n) is 5.47. The van der Waals surface area contributed by atoms with Gasteiger partial charge in [-0.3, -0.25) is 9.78 Å². The molecule has 2 saturated heterocycles. The van der Waals surface area contributed by atoms with Gasteiger partial charge in [-0.25, -0.2) is 4.79 Å². The number of anilines is 1. The van der Waals surface area contributed by atoms with Crippen molar-refractivity contribution in [3.63, 3.8) is 0 Å². The van der Waals surface area contributed by atoms with Gasteiger partial charge in [0.2, 0.25) is 0 Å². The summed E-state index contributed by atoms with van der Waals surface area (Å²) in [5, 5.41) is 3.14. The highest BCUT2D eigenvalue weighted by atomic mass is 16.3. The van der Waals surface area contributed by atoms with Gasteiger partial charge in [-0.2, -0.15) is 0 Å². The largest absolute Gasteiger partial charge is 0.472 e. The summed E-state index contributed by atoms with van der Waals surface area (Å²) in [6.07, 6.45) is 8.10. The van der Waals surface area contributed by atoms with Gasteiger partial charge in [-0.15, -0.1) is 0 Å². The van der Waals surface area contributed by atoms with E-state index < -0.39 is 0 Å². The number of piperazine rings is 1. The Labute approximate surface area is 164 Å². The molecule has 0 saturated carbocycles. The van der Waals surface area contributed by atoms with E-state index in [1.165, 1.54) is 12.5 Å². The molecule has 0 aromatic carbocycles. The maximum absolute atomic E-state index is 12.6. The molecule has 28 heavy (non-hydrogen) atoms. The van der Waals surface area contributed by atoms with Crippen molar-refractivity contribution < 1.29 is 14.0 Å². The van der Waals surface area contributed by atoms with Crippen molar-refractivity contribution in [3.8, 4) is 0 Å². The van der Waals surface area contributed by atoms with E-state index in [0.29, 0.717) is 31.7 Å². The molecule has 0 spiro atoms. The molecule has 4 rings (SSSR count). The first-order valence-corrected chi connectivity index (χ1v) is 9.72. The fourth-order valence-corrected chi connectivity index (χ4v) is 3.78. The van der Waals surface area contributed by atoms with Crippen LogP contribution in [0.15, 0.2) is 47.5 Å². The van der Waals surface area contributed by atoms with Crippen molar-refractivity contribution in [3.05, 3.63) is 48.7 Å². The molecular weight excluding hydrogens is 358 g/mol. The van der Waals surface area contributed by atoms with Gasteiger partial charge in [0.15, 0.2) is 0 Å². The number of hydrogen-bond donors (Lipinski definition) is 1. The monoisotopic (exact) mass is 383 g/mol. The molecule has 2 aliphatic heterocycles. The Morgan fingerprint density at radius 1 is 0.964 bits per heavy atom. The second-order valence-electron chi connectivity index (χ2n) is 7.21. The minimum absolute atomic E-state index is 0.00557. The summed E-state index contributed by atoms with van der Waals surface area (Å²) in [5.74, 6) is -0.00856. The number of nitrogens with one attached hydrogen (secondary N) is 1. The van der Waals surface area contributed by atoms with Gasteiger partial charge in [0.1, 0.15) is 6.26 Å². The second kappa shape index (κ2) is 8.33. The molecule has 0 radical (unpaired) electrons. The number of rotatable bonds is 3. The van der Waals surface area contributed by atoms with E-state index in [1.807, 2.05) is 21.9 Å². The number of urea groups is 1. The zero-order valence-electron chi connectivity index (χ0n) is 15.8. The van der Waals surface area contributed by atoms with Crippen LogP contribution in [-0.4, -0.2) is 72.0 Å². The molecule has 2 aromatic rings. The number of piperidine rings is 1. The van der Waals surface area contributed by atoms with Gasteiger partial charge in [0.05, 0.1) is 11.8 Å². The maximum atomic E-state index is 12.6. The fourth-order valence-electron chi connectivity index (χ4n) is 3.78. The maximum Gasteiger partial charge on any atom is 0.317 e. The number of likely N-dealkylation sites (tertiary alicyclic amines) is 1. The van der Waals surface area contributed by atoms with Crippen LogP contribution < -0.4 is 10.2 Å². The Balaban J connectivity index is 1.21. The molecule has 2 fully saturated rings. The van der Waals surface area contributed by atoms with Crippen molar-refractivity contribution in [1.82, 2.24) is 20.1 Å². The number of carbonyl (C=O) groups is 2. The van der Waals surface area contributed by atoms with Gasteiger partial charge in [0.25, 0.3) is 5.91 Å². The lowest BCUT2D eigenvalue weighted by Crippen LogP contribution is -2.55. The van der Waals surface area contributed by atoms with Gasteiger partial charge in [0, 0.05) is 63.4 Å². The average molecular weight is 383 g/mol. The number of pyridine rings is 1. The van der Waals surface area contributed by atoms with Crippen molar-refractivity contribution in [2.24, 2.45) is 0 Å². The van der Waals surface area contributed by atoms with E-state index in [1.54, 1.807) is 18.5 Å². The number of amides is 3. The number of aromatic nitrogens is 1. The molecule has 0 aliphatic carbocycles. The quantitative estimate of drug-likeness (QED) is 0.874. The van der Waals surface area contributed by atoms with Crippen molar-refractivity contribution >= 4 is 17.6 Å². The van der Waals surface area contributed by atoms with Crippen LogP contribution >= 0.6 is 0 Å². The van der Waals surface area contributed by atoms with Crippen LogP contribution in [0.2, 0.25) is 0 Å². The molecule has 4 heterocycles. The zero-order valence-corrected chi connectivity index (χ0v) is 15.8. The SMILES string of the molecule is O=C(NC1CCN(C(=O)c2ccoc2)CC1)N1CCN(c2ccncc2)CC1. The van der Waals surface area contributed by atoms with Gasteiger partial charge < -0.3 is 24.4 Å². The van der Waals surface area contributed by atoms with Crippen molar-refractivity contribution in [2.45, 2.75) is 18.9 Å². The lowest BCUT2D eigenvalue weighted by Gasteiger charge is -2.38. The molecule has 8 nitrogen and oxygen atoms in total. The first-order chi connectivity index (χ1) is 13.7. The molecule has 0 bridgehead atoms. The van der Waals surface area contributed by atoms with Gasteiger partial charge >= 0.3 is 6.03 Å². The summed E-state index contributed by atoms with van der Waals surface area (Å²) >= 11 is 0. The highest BCUT2D eigenvalue weighted by Crippen LogP contribution is 2.17. The average Bonchev–Trinajstić information content (AvgIpc) is 3.29. The molecular formula is C20H25N5O3. The third-order valence-corrected chi connectivity index (χ3v) is 5.47. The lowest BCUT2D eigenvalue weighted by molar-refractivity contribution is 0.0705. The Morgan fingerprint density at radius 2 is 1.68 bits per heavy atom. The van der Waals surface area contributed by atoms with E-state index in [4.69, 9.17) is 4.42 Å². The molecule has 148 valence electrons. The minimum Gasteiger partial charge on any atom is -0.472 e. The van der Waals surface area contributed by atoms with Crippen LogP contribution in [0.25, 0.3) is 0 Å². The van der Waals surface area contributed by atoms with Crippen LogP contribution in [0.4, 0.5) is 10.5 Å². The van der Waals surface area contributed by atoms with E-state index in [2.05, 4.69) is 15.2 Å². The summed E-state index contributed by atoms with van der Waals surface area (Å²) in [5.41, 5.74) is 1.72. The van der Waals surface area contributed by atoms with Crippen LogP contribution in [0.3, 0.4) is 0 Å². The summed E-state index contributed by atoms with van der Waals surface area (Å²) in [6, 6.07) is 5.78. The van der Waals surface area contributed by atoms with Crippen molar-refractivity contribution in [1.29, 1.82) is 0 Å². The van der Waals surface area contributed by atoms with Gasteiger partial charge in [-0.05, 0) is 31.0 Å². The Hall–Kier alpha value is -3.03. The topological polar surface area (TPSA) is 81.9 Å². The minimum atomic E-state index is -0.00856. The molecule has 2 aromatic heterocycles. The molecule has 0 atom stereocenters. The smallest absolute Gasteiger partial charge is 0.317 e. The normalized spacial score (nSPS) is 18.2. The Morgan fingerprint density at radius 3 is 2.32 bits per heavy atom. The summed E-state index contributed by atoms with van der Waals surface area (Å²) in [4.78, 5) is 35.0. The second-order valence-corrected chi connectivity index (χ2v) is 7.21.